The Morgan fingerprint density at radius 2 is 1.82 bits per heavy atom. The molecule has 0 bridgehead atoms. The van der Waals surface area contributed by atoms with Gasteiger partial charge in [-0.3, -0.25) is 9.59 Å². The van der Waals surface area contributed by atoms with E-state index in [4.69, 9.17) is 10.5 Å². The maximum absolute atomic E-state index is 14.7. The number of phenolic OH excluding ortho intramolecular Hbond substituents is 1. The number of aryl methyl sites for hydroxylation is 1. The van der Waals surface area contributed by atoms with Crippen LogP contribution in [0, 0.1) is 58.7 Å². The van der Waals surface area contributed by atoms with Crippen molar-refractivity contribution < 1.29 is 29.6 Å². The molecular formula is C57H75N5O6. The quantitative estimate of drug-likeness (QED) is 0.0818. The number of aliphatic hydroxyl groups is 2. The molecule has 13 atom stereocenters. The Labute approximate surface area is 403 Å². The molecule has 3 saturated carbocycles. The number of aromatic hydroxyl groups is 1. The number of hydrogen-bond acceptors (Lipinski definition) is 11. The first-order valence-corrected chi connectivity index (χ1v) is 25.8. The molecule has 0 amide bonds. The standard InChI is InChI=1S/C57H75N5O6/c1-4-60-33-48-47(24-41-31-62-50-29-43(64)14-15-44(50)56(41)49(48)32-59-2)39-18-21-57(54(67)26-39)20-17-35(46-30-51(65)52(68-3)25-38(46)12-16-53(57)66)11-13-42(63)28-45(40-19-22-61-55(58)27-40)37-10-9-34-7-5-6-8-36(34)23-37/h5-10,19,23,25,27,30,35,39,41-42,44-45,47-50,54,56,59-63,65,67H,4,11-16,18,21-22,24,26,28-29,31-33,58H2,1-3H3. The fourth-order valence-electron chi connectivity index (χ4n) is 14.1. The van der Waals surface area contributed by atoms with Crippen LogP contribution in [0.3, 0.4) is 0 Å². The van der Waals surface area contributed by atoms with Crippen molar-refractivity contribution in [3.8, 4) is 23.3 Å². The molecule has 0 aromatic heterocycles. The van der Waals surface area contributed by atoms with E-state index in [2.05, 4.69) is 83.5 Å². The van der Waals surface area contributed by atoms with Crippen LogP contribution < -0.4 is 31.7 Å². The van der Waals surface area contributed by atoms with Crippen molar-refractivity contribution in [2.24, 2.45) is 52.6 Å². The van der Waals surface area contributed by atoms with Gasteiger partial charge in [0.25, 0.3) is 0 Å². The number of Topliss-reactive ketones (excluding diaryl/α,β-unsaturated/α-hetero) is 2. The molecule has 9 rings (SSSR count). The second kappa shape index (κ2) is 21.1. The Morgan fingerprint density at radius 3 is 2.60 bits per heavy atom. The minimum absolute atomic E-state index is 0.0112. The molecule has 9 N–H and O–H groups in total. The highest BCUT2D eigenvalue weighted by atomic mass is 16.5. The zero-order valence-electron chi connectivity index (χ0n) is 40.4. The number of carbonyl (C=O) groups excluding carboxylic acids is 2. The first-order chi connectivity index (χ1) is 33.0. The zero-order valence-corrected chi connectivity index (χ0v) is 40.4. The number of dihydropyridines is 1. The van der Waals surface area contributed by atoms with Gasteiger partial charge in [-0.2, -0.15) is 0 Å². The molecule has 0 radical (unpaired) electrons. The van der Waals surface area contributed by atoms with Gasteiger partial charge in [0.1, 0.15) is 11.2 Å². The average molecular weight is 926 g/mol. The summed E-state index contributed by atoms with van der Waals surface area (Å²) in [6.45, 7) is 6.45. The third kappa shape index (κ3) is 9.87. The topological polar surface area (TPSA) is 178 Å². The van der Waals surface area contributed by atoms with Crippen LogP contribution in [0.25, 0.3) is 10.8 Å². The SMILES string of the molecule is CCNCC1C(C2CCC3(C#CC(CCC(O)CC(C4=CCNC(N)=C4)c4ccc5ccccc5c4)c4cc(O)c(OC)cc4CCC3=O)C(O)C2)CC2CNC3CC(=O)CCC3C2C1CNC. The van der Waals surface area contributed by atoms with Gasteiger partial charge in [0.2, 0.25) is 0 Å². The van der Waals surface area contributed by atoms with Gasteiger partial charge < -0.3 is 47.1 Å². The molecular weight excluding hydrogens is 851 g/mol. The molecule has 4 fully saturated rings. The van der Waals surface area contributed by atoms with Crippen LogP contribution in [-0.2, 0) is 16.0 Å². The molecule has 6 aliphatic rings. The maximum Gasteiger partial charge on any atom is 0.160 e. The van der Waals surface area contributed by atoms with Crippen molar-refractivity contribution in [1.29, 1.82) is 0 Å². The first-order valence-electron chi connectivity index (χ1n) is 25.8. The van der Waals surface area contributed by atoms with Gasteiger partial charge in [0.05, 0.1) is 25.1 Å². The van der Waals surface area contributed by atoms with Gasteiger partial charge in [-0.05, 0) is 184 Å². The van der Waals surface area contributed by atoms with E-state index in [1.54, 1.807) is 6.07 Å². The van der Waals surface area contributed by atoms with Gasteiger partial charge in [0.15, 0.2) is 17.3 Å². The Kier molecular flexibility index (Phi) is 15.0. The first kappa shape index (κ1) is 48.3. The fourth-order valence-corrected chi connectivity index (χ4v) is 14.1. The van der Waals surface area contributed by atoms with Crippen LogP contribution in [0.2, 0.25) is 0 Å². The van der Waals surface area contributed by atoms with Crippen molar-refractivity contribution in [3.05, 3.63) is 94.8 Å². The summed E-state index contributed by atoms with van der Waals surface area (Å²) in [7, 11) is 3.59. The number of allylic oxidation sites excluding steroid dienone is 2. The van der Waals surface area contributed by atoms with Crippen LogP contribution in [0.4, 0.5) is 0 Å². The van der Waals surface area contributed by atoms with E-state index >= 15 is 0 Å². The second-order valence-electron chi connectivity index (χ2n) is 21.2. The van der Waals surface area contributed by atoms with Crippen LogP contribution in [0.15, 0.2) is 78.1 Å². The van der Waals surface area contributed by atoms with E-state index in [9.17, 15) is 24.9 Å². The summed E-state index contributed by atoms with van der Waals surface area (Å²) >= 11 is 0. The van der Waals surface area contributed by atoms with Gasteiger partial charge in [-0.15, -0.1) is 0 Å². The number of rotatable bonds is 14. The number of nitrogens with one attached hydrogen (secondary N) is 4. The van der Waals surface area contributed by atoms with Crippen LogP contribution in [0.1, 0.15) is 106 Å². The lowest BCUT2D eigenvalue weighted by atomic mass is 9.50. The van der Waals surface area contributed by atoms with E-state index in [0.717, 1.165) is 78.5 Å². The summed E-state index contributed by atoms with van der Waals surface area (Å²) in [4.78, 5) is 27.3. The van der Waals surface area contributed by atoms with Gasteiger partial charge in [-0.1, -0.05) is 67.3 Å². The van der Waals surface area contributed by atoms with Crippen molar-refractivity contribution >= 4 is 22.3 Å². The van der Waals surface area contributed by atoms with Crippen molar-refractivity contribution in [3.63, 3.8) is 0 Å². The van der Waals surface area contributed by atoms with Crippen LogP contribution in [0.5, 0.6) is 11.5 Å². The van der Waals surface area contributed by atoms with E-state index in [0.29, 0.717) is 111 Å². The average Bonchev–Trinajstić information content (AvgIpc) is 3.39. The summed E-state index contributed by atoms with van der Waals surface area (Å²) in [5, 5.41) is 52.4. The number of piperidine rings is 1. The lowest BCUT2D eigenvalue weighted by Crippen LogP contribution is -2.61. The molecule has 3 aromatic carbocycles. The lowest BCUT2D eigenvalue weighted by Gasteiger charge is -2.58. The number of carbonyl (C=O) groups is 2. The molecule has 11 heteroatoms. The van der Waals surface area contributed by atoms with Gasteiger partial charge >= 0.3 is 0 Å². The molecule has 1 saturated heterocycles. The molecule has 68 heavy (non-hydrogen) atoms. The lowest BCUT2D eigenvalue weighted by molar-refractivity contribution is -0.137. The molecule has 4 aliphatic carbocycles. The molecule has 2 aliphatic heterocycles. The van der Waals surface area contributed by atoms with E-state index in [1.165, 1.54) is 7.11 Å². The number of phenols is 1. The minimum atomic E-state index is -1.20. The molecule has 3 aromatic rings. The van der Waals surface area contributed by atoms with Crippen LogP contribution in [-0.4, -0.2) is 92.0 Å². The number of nitrogens with two attached hydrogens (primary N) is 1. The summed E-state index contributed by atoms with van der Waals surface area (Å²) in [5.74, 6) is 10.9. The summed E-state index contributed by atoms with van der Waals surface area (Å²) < 4.78 is 5.57. The zero-order chi connectivity index (χ0) is 47.5. The smallest absolute Gasteiger partial charge is 0.160 e. The highest BCUT2D eigenvalue weighted by Gasteiger charge is 2.55. The number of hydrogen-bond donors (Lipinski definition) is 8. The Hall–Kier alpha value is -4.70. The molecule has 13 unspecified atom stereocenters. The normalized spacial score (nSPS) is 32.4. The van der Waals surface area contributed by atoms with Crippen molar-refractivity contribution in [1.82, 2.24) is 21.3 Å². The number of fused-ring (bicyclic) bond motifs is 5. The van der Waals surface area contributed by atoms with Crippen molar-refractivity contribution in [2.45, 2.75) is 114 Å². The highest BCUT2D eigenvalue weighted by Crippen LogP contribution is 2.55. The molecule has 11 nitrogen and oxygen atoms in total. The Balaban J connectivity index is 0.978. The van der Waals surface area contributed by atoms with Crippen LogP contribution >= 0.6 is 0 Å². The van der Waals surface area contributed by atoms with E-state index < -0.39 is 23.5 Å². The number of methoxy groups -OCH3 is 1. The number of ether oxygens (including phenoxy) is 1. The van der Waals surface area contributed by atoms with E-state index in [-0.39, 0.29) is 35.8 Å². The maximum atomic E-state index is 14.7. The van der Waals surface area contributed by atoms with Crippen molar-refractivity contribution in [2.75, 3.05) is 46.9 Å². The predicted octanol–water partition coefficient (Wildman–Crippen LogP) is 6.60. The summed E-state index contributed by atoms with van der Waals surface area (Å²) in [5.41, 5.74) is 8.99. The highest BCUT2D eigenvalue weighted by molar-refractivity contribution is 5.89. The summed E-state index contributed by atoms with van der Waals surface area (Å²) in [6, 6.07) is 18.6. The monoisotopic (exact) mass is 926 g/mol. The minimum Gasteiger partial charge on any atom is -0.504 e. The Bertz CT molecular complexity index is 2440. The fraction of sp³-hybridized carbons (Fsp3) is 0.579. The second-order valence-corrected chi connectivity index (χ2v) is 21.2. The third-order valence-electron chi connectivity index (χ3n) is 17.5. The van der Waals surface area contributed by atoms with Gasteiger partial charge in [0, 0.05) is 43.7 Å². The van der Waals surface area contributed by atoms with E-state index in [1.807, 2.05) is 24.3 Å². The number of aliphatic hydroxyl groups excluding tert-OH is 2. The number of benzene rings is 3. The molecule has 2 heterocycles. The molecule has 364 valence electrons. The Morgan fingerprint density at radius 1 is 0.985 bits per heavy atom. The third-order valence-corrected chi connectivity index (χ3v) is 17.5. The predicted molar refractivity (Wildman–Crippen MR) is 268 cm³/mol. The molecule has 1 spiro atoms. The largest absolute Gasteiger partial charge is 0.504 e. The number of ketones is 2. The van der Waals surface area contributed by atoms with Gasteiger partial charge in [-0.25, -0.2) is 0 Å². The summed E-state index contributed by atoms with van der Waals surface area (Å²) in [6.07, 6.45) is 9.76.